The molecule has 1 atom stereocenters. The van der Waals surface area contributed by atoms with E-state index in [0.717, 1.165) is 30.0 Å². The van der Waals surface area contributed by atoms with E-state index in [1.807, 2.05) is 37.3 Å². The second-order valence-electron chi connectivity index (χ2n) is 4.67. The summed E-state index contributed by atoms with van der Waals surface area (Å²) >= 11 is 0. The number of halogens is 1. The number of aliphatic hydroxyl groups is 1. The number of ether oxygens (including phenoxy) is 2. The molecule has 0 aliphatic carbocycles. The Hall–Kier alpha value is -1.23. The molecule has 1 unspecified atom stereocenters. The molecule has 0 saturated heterocycles. The molecular weight excluding hydrogens is 290 g/mol. The Bertz CT molecular complexity index is 422. The van der Waals surface area contributed by atoms with E-state index in [1.54, 1.807) is 14.0 Å². The molecule has 0 amide bonds. The predicted octanol–water partition coefficient (Wildman–Crippen LogP) is -0.528. The molecule has 0 saturated carbocycles. The van der Waals surface area contributed by atoms with Gasteiger partial charge in [0.25, 0.3) is 0 Å². The second kappa shape index (κ2) is 11.4. The Labute approximate surface area is 133 Å². The fourth-order valence-corrected chi connectivity index (χ4v) is 1.79. The molecule has 1 aromatic rings. The van der Waals surface area contributed by atoms with Crippen molar-refractivity contribution in [3.63, 3.8) is 0 Å². The standard InChI is InChI=1S/C16H25NO3.ClH/c1-4-6-14-7-8-15(16(11-14)19-3)20-10-5-9-17-12-13(2)18;/h4,6-8,11,13,17-18H,5,9-10,12H2,1-3H3;1H/p-1/b6-4+;. The van der Waals surface area contributed by atoms with Gasteiger partial charge in [-0.05, 0) is 44.5 Å². The molecule has 2 N–H and O–H groups in total. The van der Waals surface area contributed by atoms with Gasteiger partial charge in [-0.25, -0.2) is 0 Å². The summed E-state index contributed by atoms with van der Waals surface area (Å²) in [6.45, 7) is 5.80. The van der Waals surface area contributed by atoms with Gasteiger partial charge in [0.2, 0.25) is 0 Å². The molecular formula is C16H25ClNO3-. The van der Waals surface area contributed by atoms with Crippen LogP contribution in [-0.4, -0.2) is 38.0 Å². The predicted molar refractivity (Wildman–Crippen MR) is 82.4 cm³/mol. The number of aliphatic hydroxyl groups excluding tert-OH is 1. The lowest BCUT2D eigenvalue weighted by atomic mass is 10.2. The van der Waals surface area contributed by atoms with E-state index in [0.29, 0.717) is 13.2 Å². The Balaban J connectivity index is 0.00000400. The van der Waals surface area contributed by atoms with Gasteiger partial charge in [0, 0.05) is 6.54 Å². The van der Waals surface area contributed by atoms with Gasteiger partial charge < -0.3 is 32.3 Å². The van der Waals surface area contributed by atoms with Crippen LogP contribution in [0.15, 0.2) is 24.3 Å². The smallest absolute Gasteiger partial charge is 0.161 e. The Morgan fingerprint density at radius 1 is 1.33 bits per heavy atom. The lowest BCUT2D eigenvalue weighted by Gasteiger charge is -2.12. The van der Waals surface area contributed by atoms with Crippen LogP contribution in [-0.2, 0) is 0 Å². The van der Waals surface area contributed by atoms with E-state index < -0.39 is 0 Å². The summed E-state index contributed by atoms with van der Waals surface area (Å²) in [6.07, 6.45) is 4.58. The average Bonchev–Trinajstić information content (AvgIpc) is 2.43. The molecule has 0 aromatic heterocycles. The number of methoxy groups -OCH3 is 1. The first-order valence-corrected chi connectivity index (χ1v) is 6.99. The molecule has 0 heterocycles. The highest BCUT2D eigenvalue weighted by atomic mass is 35.5. The van der Waals surface area contributed by atoms with Crippen molar-refractivity contribution >= 4 is 6.08 Å². The summed E-state index contributed by atoms with van der Waals surface area (Å²) in [5, 5.41) is 12.3. The number of allylic oxidation sites excluding steroid dienone is 1. The molecule has 0 bridgehead atoms. The summed E-state index contributed by atoms with van der Waals surface area (Å²) in [7, 11) is 1.64. The van der Waals surface area contributed by atoms with Gasteiger partial charge in [-0.15, -0.1) is 0 Å². The molecule has 0 fully saturated rings. The number of nitrogens with one attached hydrogen (secondary N) is 1. The third-order valence-corrected chi connectivity index (χ3v) is 2.74. The van der Waals surface area contributed by atoms with Crippen LogP contribution in [0, 0.1) is 0 Å². The van der Waals surface area contributed by atoms with Crippen molar-refractivity contribution in [2.45, 2.75) is 26.4 Å². The largest absolute Gasteiger partial charge is 1.00 e. The van der Waals surface area contributed by atoms with Crippen molar-refractivity contribution in [1.29, 1.82) is 0 Å². The van der Waals surface area contributed by atoms with Crippen LogP contribution in [0.4, 0.5) is 0 Å². The molecule has 21 heavy (non-hydrogen) atoms. The van der Waals surface area contributed by atoms with Gasteiger partial charge in [0.05, 0.1) is 19.8 Å². The summed E-state index contributed by atoms with van der Waals surface area (Å²) in [4.78, 5) is 0. The van der Waals surface area contributed by atoms with Crippen LogP contribution < -0.4 is 27.2 Å². The minimum absolute atomic E-state index is 0. The molecule has 5 heteroatoms. The highest BCUT2D eigenvalue weighted by molar-refractivity contribution is 5.55. The van der Waals surface area contributed by atoms with Crippen LogP contribution >= 0.6 is 0 Å². The molecule has 120 valence electrons. The molecule has 1 rings (SSSR count). The molecule has 4 nitrogen and oxygen atoms in total. The van der Waals surface area contributed by atoms with Crippen molar-refractivity contribution in [2.75, 3.05) is 26.8 Å². The SMILES string of the molecule is C/C=C/c1ccc(OCCCNCC(C)O)c(OC)c1.[Cl-]. The van der Waals surface area contributed by atoms with Gasteiger partial charge in [-0.2, -0.15) is 0 Å². The van der Waals surface area contributed by atoms with Crippen LogP contribution in [0.2, 0.25) is 0 Å². The maximum atomic E-state index is 9.11. The summed E-state index contributed by atoms with van der Waals surface area (Å²) in [5.41, 5.74) is 1.09. The first-order chi connectivity index (χ1) is 9.67. The van der Waals surface area contributed by atoms with E-state index in [4.69, 9.17) is 14.6 Å². The maximum absolute atomic E-state index is 9.11. The molecule has 0 aliphatic rings. The van der Waals surface area contributed by atoms with Crippen molar-refractivity contribution in [3.8, 4) is 11.5 Å². The normalized spacial score (nSPS) is 12.0. The van der Waals surface area contributed by atoms with E-state index in [-0.39, 0.29) is 18.5 Å². The van der Waals surface area contributed by atoms with Crippen molar-refractivity contribution in [1.82, 2.24) is 5.32 Å². The quantitative estimate of drug-likeness (QED) is 0.602. The van der Waals surface area contributed by atoms with E-state index in [2.05, 4.69) is 5.32 Å². The molecule has 0 spiro atoms. The minimum Gasteiger partial charge on any atom is -1.00 e. The van der Waals surface area contributed by atoms with Gasteiger partial charge in [0.15, 0.2) is 11.5 Å². The van der Waals surface area contributed by atoms with Crippen molar-refractivity contribution < 1.29 is 27.0 Å². The highest BCUT2D eigenvalue weighted by Crippen LogP contribution is 2.28. The first kappa shape index (κ1) is 19.8. The highest BCUT2D eigenvalue weighted by Gasteiger charge is 2.04. The maximum Gasteiger partial charge on any atom is 0.161 e. The zero-order valence-corrected chi connectivity index (χ0v) is 13.7. The number of hydrogen-bond donors (Lipinski definition) is 2. The summed E-state index contributed by atoms with van der Waals surface area (Å²) in [6, 6.07) is 5.89. The lowest BCUT2D eigenvalue weighted by Crippen LogP contribution is -3.00. The van der Waals surface area contributed by atoms with Crippen LogP contribution in [0.3, 0.4) is 0 Å². The third kappa shape index (κ3) is 7.95. The number of benzene rings is 1. The molecule has 1 aromatic carbocycles. The topological polar surface area (TPSA) is 50.7 Å². The molecule has 0 radical (unpaired) electrons. The van der Waals surface area contributed by atoms with Crippen LogP contribution in [0.1, 0.15) is 25.8 Å². The zero-order chi connectivity index (χ0) is 14.8. The number of rotatable bonds is 9. The van der Waals surface area contributed by atoms with Crippen molar-refractivity contribution in [2.24, 2.45) is 0 Å². The van der Waals surface area contributed by atoms with Gasteiger partial charge in [-0.1, -0.05) is 18.2 Å². The molecule has 0 aliphatic heterocycles. The van der Waals surface area contributed by atoms with Gasteiger partial charge >= 0.3 is 0 Å². The minimum atomic E-state index is -0.310. The lowest BCUT2D eigenvalue weighted by molar-refractivity contribution is -0.00000699. The second-order valence-corrected chi connectivity index (χ2v) is 4.67. The van der Waals surface area contributed by atoms with Crippen molar-refractivity contribution in [3.05, 3.63) is 29.8 Å². The Morgan fingerprint density at radius 2 is 2.10 bits per heavy atom. The zero-order valence-electron chi connectivity index (χ0n) is 12.9. The summed E-state index contributed by atoms with van der Waals surface area (Å²) < 4.78 is 11.1. The average molecular weight is 315 g/mol. The van der Waals surface area contributed by atoms with Gasteiger partial charge in [0.1, 0.15) is 0 Å². The first-order valence-electron chi connectivity index (χ1n) is 6.99. The summed E-state index contributed by atoms with van der Waals surface area (Å²) in [5.74, 6) is 1.51. The fraction of sp³-hybridized carbons (Fsp3) is 0.500. The van der Waals surface area contributed by atoms with E-state index in [1.165, 1.54) is 0 Å². The third-order valence-electron chi connectivity index (χ3n) is 2.74. The Kier molecular flexibility index (Phi) is 10.8. The monoisotopic (exact) mass is 314 g/mol. The van der Waals surface area contributed by atoms with E-state index >= 15 is 0 Å². The Morgan fingerprint density at radius 3 is 2.71 bits per heavy atom. The number of hydrogen-bond acceptors (Lipinski definition) is 4. The van der Waals surface area contributed by atoms with Crippen LogP contribution in [0.5, 0.6) is 11.5 Å². The van der Waals surface area contributed by atoms with E-state index in [9.17, 15) is 0 Å². The van der Waals surface area contributed by atoms with Gasteiger partial charge in [-0.3, -0.25) is 0 Å². The van der Waals surface area contributed by atoms with Crippen LogP contribution in [0.25, 0.3) is 6.08 Å². The fourth-order valence-electron chi connectivity index (χ4n) is 1.79.